The van der Waals surface area contributed by atoms with E-state index in [-0.39, 0.29) is 0 Å². The molecule has 0 aromatic carbocycles. The summed E-state index contributed by atoms with van der Waals surface area (Å²) in [6.07, 6.45) is 5.42. The van der Waals surface area contributed by atoms with E-state index >= 15 is 0 Å². The molecule has 0 saturated carbocycles. The van der Waals surface area contributed by atoms with Gasteiger partial charge in [0.2, 0.25) is 0 Å². The Morgan fingerprint density at radius 3 is 2.55 bits per heavy atom. The summed E-state index contributed by atoms with van der Waals surface area (Å²) in [7, 11) is 0. The van der Waals surface area contributed by atoms with Crippen molar-refractivity contribution in [2.45, 2.75) is 31.7 Å². The van der Waals surface area contributed by atoms with Crippen molar-refractivity contribution < 1.29 is 0 Å². The Kier molecular flexibility index (Phi) is 2.44. The summed E-state index contributed by atoms with van der Waals surface area (Å²) in [5.74, 6) is 0.916. The molecule has 2 aliphatic rings. The molecule has 63 valence electrons. The molecule has 1 radical (unpaired) electrons. The molecule has 0 bridgehead atoms. The maximum absolute atomic E-state index is 4.63. The van der Waals surface area contributed by atoms with E-state index in [9.17, 15) is 0 Å². The zero-order chi connectivity index (χ0) is 7.52. The highest BCUT2D eigenvalue weighted by Crippen LogP contribution is 2.23. The highest BCUT2D eigenvalue weighted by Gasteiger charge is 2.26. The topological polar surface area (TPSA) is 26.1 Å². The molecule has 0 aromatic rings. The molecular formula is C9H17N2. The van der Waals surface area contributed by atoms with Gasteiger partial charge >= 0.3 is 0 Å². The van der Waals surface area contributed by atoms with Gasteiger partial charge in [-0.15, -0.1) is 0 Å². The second kappa shape index (κ2) is 3.55. The van der Waals surface area contributed by atoms with E-state index in [0.29, 0.717) is 0 Å². The van der Waals surface area contributed by atoms with Crippen LogP contribution >= 0.6 is 0 Å². The van der Waals surface area contributed by atoms with Crippen molar-refractivity contribution in [3.8, 4) is 0 Å². The predicted octanol–water partition coefficient (Wildman–Crippen LogP) is 0.753. The first-order chi connectivity index (χ1) is 5.47. The predicted molar refractivity (Wildman–Crippen MR) is 45.6 cm³/mol. The average Bonchev–Trinajstić information content (AvgIpc) is 2.58. The molecule has 2 aliphatic heterocycles. The highest BCUT2D eigenvalue weighted by atomic mass is 15.0. The SMILES string of the molecule is C1C[N]C(C2CCNCC2)C1. The van der Waals surface area contributed by atoms with Gasteiger partial charge in [0, 0.05) is 12.6 Å². The van der Waals surface area contributed by atoms with Crippen LogP contribution in [0.3, 0.4) is 0 Å². The monoisotopic (exact) mass is 153 g/mol. The quantitative estimate of drug-likeness (QED) is 0.591. The van der Waals surface area contributed by atoms with E-state index in [2.05, 4.69) is 10.6 Å². The Labute approximate surface area is 68.7 Å². The number of piperidine rings is 1. The summed E-state index contributed by atoms with van der Waals surface area (Å²) in [5.41, 5.74) is 0. The van der Waals surface area contributed by atoms with Crippen molar-refractivity contribution in [3.63, 3.8) is 0 Å². The molecule has 2 rings (SSSR count). The Morgan fingerprint density at radius 2 is 1.91 bits per heavy atom. The van der Waals surface area contributed by atoms with E-state index in [1.165, 1.54) is 38.8 Å². The Morgan fingerprint density at radius 1 is 1.09 bits per heavy atom. The van der Waals surface area contributed by atoms with E-state index < -0.39 is 0 Å². The van der Waals surface area contributed by atoms with Gasteiger partial charge in [-0.2, -0.15) is 0 Å². The van der Waals surface area contributed by atoms with Gasteiger partial charge < -0.3 is 5.32 Å². The smallest absolute Gasteiger partial charge is 0.0275 e. The van der Waals surface area contributed by atoms with Crippen LogP contribution in [0.15, 0.2) is 0 Å². The van der Waals surface area contributed by atoms with Crippen molar-refractivity contribution in [1.82, 2.24) is 10.6 Å². The third kappa shape index (κ3) is 1.74. The van der Waals surface area contributed by atoms with E-state index in [0.717, 1.165) is 18.5 Å². The molecule has 1 N–H and O–H groups in total. The van der Waals surface area contributed by atoms with Crippen LogP contribution in [0, 0.1) is 5.92 Å². The van der Waals surface area contributed by atoms with Crippen LogP contribution in [0.2, 0.25) is 0 Å². The maximum atomic E-state index is 4.63. The molecule has 0 aromatic heterocycles. The minimum atomic E-state index is 0.733. The molecule has 1 atom stereocenters. The van der Waals surface area contributed by atoms with Crippen molar-refractivity contribution >= 4 is 0 Å². The van der Waals surface area contributed by atoms with Gasteiger partial charge in [-0.25, -0.2) is 5.32 Å². The van der Waals surface area contributed by atoms with Gasteiger partial charge in [0.1, 0.15) is 0 Å². The lowest BCUT2D eigenvalue weighted by Gasteiger charge is -2.27. The number of rotatable bonds is 1. The zero-order valence-corrected chi connectivity index (χ0v) is 7.05. The minimum Gasteiger partial charge on any atom is -0.317 e. The van der Waals surface area contributed by atoms with Gasteiger partial charge in [-0.1, -0.05) is 0 Å². The molecular weight excluding hydrogens is 136 g/mol. The van der Waals surface area contributed by atoms with Crippen molar-refractivity contribution in [1.29, 1.82) is 0 Å². The van der Waals surface area contributed by atoms with Crippen LogP contribution < -0.4 is 10.6 Å². The highest BCUT2D eigenvalue weighted by molar-refractivity contribution is 4.83. The van der Waals surface area contributed by atoms with Gasteiger partial charge in [0.05, 0.1) is 0 Å². The number of nitrogens with one attached hydrogen (secondary N) is 1. The van der Waals surface area contributed by atoms with Crippen molar-refractivity contribution in [2.75, 3.05) is 19.6 Å². The molecule has 2 heterocycles. The molecule has 2 saturated heterocycles. The Hall–Kier alpha value is -0.0800. The molecule has 0 aliphatic carbocycles. The van der Waals surface area contributed by atoms with Crippen LogP contribution in [-0.4, -0.2) is 25.7 Å². The van der Waals surface area contributed by atoms with Gasteiger partial charge in [0.15, 0.2) is 0 Å². The molecule has 2 heteroatoms. The minimum absolute atomic E-state index is 0.733. The standard InChI is InChI=1S/C9H17N2/c1-2-9(11-5-1)8-3-6-10-7-4-8/h8-10H,1-7H2. The van der Waals surface area contributed by atoms with E-state index in [1.807, 2.05) is 0 Å². The van der Waals surface area contributed by atoms with Crippen LogP contribution in [0.5, 0.6) is 0 Å². The first kappa shape index (κ1) is 7.56. The first-order valence-electron chi connectivity index (χ1n) is 4.84. The fourth-order valence-corrected chi connectivity index (χ4v) is 2.26. The third-order valence-electron chi connectivity index (χ3n) is 2.95. The summed E-state index contributed by atoms with van der Waals surface area (Å²) < 4.78 is 0. The molecule has 11 heavy (non-hydrogen) atoms. The van der Waals surface area contributed by atoms with Gasteiger partial charge in [0.25, 0.3) is 0 Å². The summed E-state index contributed by atoms with van der Waals surface area (Å²) in [4.78, 5) is 0. The summed E-state index contributed by atoms with van der Waals surface area (Å²) in [6, 6.07) is 0.733. The van der Waals surface area contributed by atoms with Crippen LogP contribution in [0.25, 0.3) is 0 Å². The first-order valence-corrected chi connectivity index (χ1v) is 4.84. The average molecular weight is 153 g/mol. The fourth-order valence-electron chi connectivity index (χ4n) is 2.26. The van der Waals surface area contributed by atoms with Crippen molar-refractivity contribution in [3.05, 3.63) is 0 Å². The van der Waals surface area contributed by atoms with Crippen LogP contribution in [-0.2, 0) is 0 Å². The molecule has 2 fully saturated rings. The molecule has 0 spiro atoms. The van der Waals surface area contributed by atoms with Gasteiger partial charge in [-0.05, 0) is 44.7 Å². The Balaban J connectivity index is 1.82. The Bertz CT molecular complexity index is 113. The molecule has 2 nitrogen and oxygen atoms in total. The fraction of sp³-hybridized carbons (Fsp3) is 1.00. The lowest BCUT2D eigenvalue weighted by molar-refractivity contribution is 0.297. The summed E-state index contributed by atoms with van der Waals surface area (Å²) >= 11 is 0. The lowest BCUT2D eigenvalue weighted by atomic mass is 9.89. The van der Waals surface area contributed by atoms with Crippen molar-refractivity contribution in [2.24, 2.45) is 5.92 Å². The van der Waals surface area contributed by atoms with E-state index in [1.54, 1.807) is 0 Å². The van der Waals surface area contributed by atoms with E-state index in [4.69, 9.17) is 0 Å². The summed E-state index contributed by atoms with van der Waals surface area (Å²) in [5, 5.41) is 8.03. The summed E-state index contributed by atoms with van der Waals surface area (Å²) in [6.45, 7) is 3.57. The number of hydrogen-bond acceptors (Lipinski definition) is 1. The molecule has 0 amide bonds. The van der Waals surface area contributed by atoms with Crippen LogP contribution in [0.1, 0.15) is 25.7 Å². The second-order valence-electron chi connectivity index (χ2n) is 3.70. The molecule has 1 unspecified atom stereocenters. The lowest BCUT2D eigenvalue weighted by Crippen LogP contribution is -2.36. The third-order valence-corrected chi connectivity index (χ3v) is 2.95. The normalized spacial score (nSPS) is 34.4. The van der Waals surface area contributed by atoms with Crippen LogP contribution in [0.4, 0.5) is 0 Å². The number of nitrogens with zero attached hydrogens (tertiary/aromatic N) is 1. The number of hydrogen-bond donors (Lipinski definition) is 1. The second-order valence-corrected chi connectivity index (χ2v) is 3.70. The zero-order valence-electron chi connectivity index (χ0n) is 7.05. The largest absolute Gasteiger partial charge is 0.317 e. The maximum Gasteiger partial charge on any atom is 0.0275 e. The van der Waals surface area contributed by atoms with Gasteiger partial charge in [-0.3, -0.25) is 0 Å².